The van der Waals surface area contributed by atoms with E-state index in [4.69, 9.17) is 0 Å². The maximum Gasteiger partial charge on any atom is 0.223 e. The quantitative estimate of drug-likeness (QED) is 0.861. The molecule has 1 aromatic carbocycles. The van der Waals surface area contributed by atoms with Gasteiger partial charge in [-0.1, -0.05) is 30.3 Å². The molecule has 0 radical (unpaired) electrons. The zero-order chi connectivity index (χ0) is 15.6. The standard InChI is InChI=1S/C17H20N2O2S/c1-17(21,13-5-3-2-4-6-13)11-14(20)19-15(12-7-8-12)16-18-9-10-22-16/h2-6,9-10,12,15,21H,7-8,11H2,1H3,(H,19,20). The summed E-state index contributed by atoms with van der Waals surface area (Å²) in [5.74, 6) is 0.345. The number of amides is 1. The van der Waals surface area contributed by atoms with Crippen LogP contribution < -0.4 is 5.32 Å². The van der Waals surface area contributed by atoms with Crippen molar-refractivity contribution in [3.05, 3.63) is 52.5 Å². The highest BCUT2D eigenvalue weighted by molar-refractivity contribution is 7.09. The van der Waals surface area contributed by atoms with Crippen LogP contribution in [0.15, 0.2) is 41.9 Å². The Morgan fingerprint density at radius 2 is 2.18 bits per heavy atom. The average molecular weight is 316 g/mol. The van der Waals surface area contributed by atoms with Crippen LogP contribution in [0.25, 0.3) is 0 Å². The van der Waals surface area contributed by atoms with E-state index in [1.807, 2.05) is 35.7 Å². The Hall–Kier alpha value is -1.72. The number of rotatable bonds is 6. The molecule has 1 aliphatic carbocycles. The average Bonchev–Trinajstić information content (AvgIpc) is 3.19. The highest BCUT2D eigenvalue weighted by atomic mass is 32.1. The summed E-state index contributed by atoms with van der Waals surface area (Å²) in [7, 11) is 0. The second kappa shape index (κ2) is 6.18. The number of nitrogens with one attached hydrogen (secondary N) is 1. The molecule has 1 aliphatic rings. The number of hydrogen-bond acceptors (Lipinski definition) is 4. The zero-order valence-electron chi connectivity index (χ0n) is 12.5. The van der Waals surface area contributed by atoms with E-state index in [0.717, 1.165) is 23.4 Å². The fourth-order valence-corrected chi connectivity index (χ4v) is 3.42. The third-order valence-electron chi connectivity index (χ3n) is 4.03. The first-order valence-electron chi connectivity index (χ1n) is 7.53. The van der Waals surface area contributed by atoms with E-state index < -0.39 is 5.60 Å². The molecule has 2 atom stereocenters. The van der Waals surface area contributed by atoms with E-state index >= 15 is 0 Å². The molecule has 0 bridgehead atoms. The molecule has 1 fully saturated rings. The van der Waals surface area contributed by atoms with Gasteiger partial charge in [0.15, 0.2) is 0 Å². The van der Waals surface area contributed by atoms with Crippen molar-refractivity contribution in [1.82, 2.24) is 10.3 Å². The highest BCUT2D eigenvalue weighted by Crippen LogP contribution is 2.41. The fraction of sp³-hybridized carbons (Fsp3) is 0.412. The van der Waals surface area contributed by atoms with Crippen molar-refractivity contribution in [2.45, 2.75) is 37.8 Å². The van der Waals surface area contributed by atoms with Gasteiger partial charge in [0, 0.05) is 11.6 Å². The van der Waals surface area contributed by atoms with Crippen LogP contribution in [0.1, 0.15) is 42.8 Å². The molecule has 1 heterocycles. The second-order valence-electron chi connectivity index (χ2n) is 6.07. The third-order valence-corrected chi connectivity index (χ3v) is 4.89. The smallest absolute Gasteiger partial charge is 0.223 e. The van der Waals surface area contributed by atoms with E-state index in [1.165, 1.54) is 0 Å². The predicted octanol–water partition coefficient (Wildman–Crippen LogP) is 3.01. The van der Waals surface area contributed by atoms with Gasteiger partial charge in [0.05, 0.1) is 18.1 Å². The van der Waals surface area contributed by atoms with E-state index in [0.29, 0.717) is 5.92 Å². The molecule has 2 N–H and O–H groups in total. The minimum Gasteiger partial charge on any atom is -0.385 e. The molecule has 1 aromatic heterocycles. The van der Waals surface area contributed by atoms with Crippen molar-refractivity contribution in [2.75, 3.05) is 0 Å². The number of aromatic nitrogens is 1. The molecular formula is C17H20N2O2S. The lowest BCUT2D eigenvalue weighted by Gasteiger charge is -2.25. The Balaban J connectivity index is 1.66. The van der Waals surface area contributed by atoms with E-state index in [1.54, 1.807) is 24.5 Å². The normalized spacial score (nSPS) is 18.5. The summed E-state index contributed by atoms with van der Waals surface area (Å²) in [6.07, 6.45) is 4.06. The van der Waals surface area contributed by atoms with Gasteiger partial charge in [0.1, 0.15) is 5.01 Å². The SMILES string of the molecule is CC(O)(CC(=O)NC(c1nccs1)C1CC1)c1ccccc1. The number of carbonyl (C=O) groups excluding carboxylic acids is 1. The molecule has 116 valence electrons. The van der Waals surface area contributed by atoms with E-state index in [-0.39, 0.29) is 18.4 Å². The van der Waals surface area contributed by atoms with Crippen LogP contribution >= 0.6 is 11.3 Å². The van der Waals surface area contributed by atoms with Crippen molar-refractivity contribution in [2.24, 2.45) is 5.92 Å². The van der Waals surface area contributed by atoms with Gasteiger partial charge >= 0.3 is 0 Å². The minimum absolute atomic E-state index is 0.0147. The van der Waals surface area contributed by atoms with Crippen LogP contribution in [0.4, 0.5) is 0 Å². The maximum absolute atomic E-state index is 12.4. The van der Waals surface area contributed by atoms with Gasteiger partial charge < -0.3 is 10.4 Å². The van der Waals surface area contributed by atoms with Crippen LogP contribution in [0, 0.1) is 5.92 Å². The molecule has 2 unspecified atom stereocenters. The van der Waals surface area contributed by atoms with E-state index in [2.05, 4.69) is 10.3 Å². The maximum atomic E-state index is 12.4. The molecule has 0 saturated heterocycles. The van der Waals surface area contributed by atoms with Gasteiger partial charge in [0.2, 0.25) is 5.91 Å². The van der Waals surface area contributed by atoms with E-state index in [9.17, 15) is 9.90 Å². The molecular weight excluding hydrogens is 296 g/mol. The Morgan fingerprint density at radius 3 is 2.77 bits per heavy atom. The molecule has 2 aromatic rings. The van der Waals surface area contributed by atoms with Gasteiger partial charge in [-0.25, -0.2) is 4.98 Å². The topological polar surface area (TPSA) is 62.2 Å². The highest BCUT2D eigenvalue weighted by Gasteiger charge is 2.36. The number of thiazole rings is 1. The second-order valence-corrected chi connectivity index (χ2v) is 7.00. The lowest BCUT2D eigenvalue weighted by Crippen LogP contribution is -2.35. The predicted molar refractivity (Wildman–Crippen MR) is 86.4 cm³/mol. The molecule has 4 nitrogen and oxygen atoms in total. The van der Waals surface area contributed by atoms with Crippen molar-refractivity contribution < 1.29 is 9.90 Å². The first-order chi connectivity index (χ1) is 10.6. The number of hydrogen-bond donors (Lipinski definition) is 2. The van der Waals surface area contributed by atoms with Gasteiger partial charge in [-0.05, 0) is 31.2 Å². The first-order valence-corrected chi connectivity index (χ1v) is 8.41. The number of nitrogens with zero attached hydrogens (tertiary/aromatic N) is 1. The summed E-state index contributed by atoms with van der Waals surface area (Å²) < 4.78 is 0. The summed E-state index contributed by atoms with van der Waals surface area (Å²) >= 11 is 1.57. The Morgan fingerprint density at radius 1 is 1.45 bits per heavy atom. The summed E-state index contributed by atoms with van der Waals surface area (Å²) in [6.45, 7) is 1.68. The van der Waals surface area contributed by atoms with Gasteiger partial charge in [-0.3, -0.25) is 4.79 Å². The lowest BCUT2D eigenvalue weighted by atomic mass is 9.92. The summed E-state index contributed by atoms with van der Waals surface area (Å²) in [4.78, 5) is 16.7. The van der Waals surface area contributed by atoms with Crippen LogP contribution in [0.3, 0.4) is 0 Å². The summed E-state index contributed by atoms with van der Waals surface area (Å²) in [5, 5.41) is 16.5. The summed E-state index contributed by atoms with van der Waals surface area (Å²) in [6, 6.07) is 9.29. The molecule has 5 heteroatoms. The van der Waals surface area contributed by atoms with Crippen molar-refractivity contribution >= 4 is 17.2 Å². The van der Waals surface area contributed by atoms with Crippen molar-refractivity contribution in [1.29, 1.82) is 0 Å². The molecule has 1 amide bonds. The van der Waals surface area contributed by atoms with Gasteiger partial charge in [-0.15, -0.1) is 11.3 Å². The van der Waals surface area contributed by atoms with Crippen LogP contribution in [-0.4, -0.2) is 16.0 Å². The third kappa shape index (κ3) is 3.54. The monoisotopic (exact) mass is 316 g/mol. The lowest BCUT2D eigenvalue weighted by molar-refractivity contribution is -0.126. The Bertz CT molecular complexity index is 621. The fourth-order valence-electron chi connectivity index (χ4n) is 2.64. The Labute approximate surface area is 134 Å². The molecule has 0 spiro atoms. The van der Waals surface area contributed by atoms with Crippen LogP contribution in [-0.2, 0) is 10.4 Å². The zero-order valence-corrected chi connectivity index (χ0v) is 13.3. The largest absolute Gasteiger partial charge is 0.385 e. The molecule has 3 rings (SSSR count). The minimum atomic E-state index is -1.16. The van der Waals surface area contributed by atoms with Gasteiger partial charge in [0.25, 0.3) is 0 Å². The molecule has 22 heavy (non-hydrogen) atoms. The molecule has 0 aliphatic heterocycles. The summed E-state index contributed by atoms with van der Waals surface area (Å²) in [5.41, 5.74) is -0.412. The van der Waals surface area contributed by atoms with Gasteiger partial charge in [-0.2, -0.15) is 0 Å². The van der Waals surface area contributed by atoms with Crippen LogP contribution in [0.2, 0.25) is 0 Å². The Kier molecular flexibility index (Phi) is 4.27. The number of aliphatic hydroxyl groups is 1. The van der Waals surface area contributed by atoms with Crippen molar-refractivity contribution in [3.63, 3.8) is 0 Å². The first kappa shape index (κ1) is 15.2. The number of carbonyl (C=O) groups is 1. The molecule has 1 saturated carbocycles. The van der Waals surface area contributed by atoms with Crippen LogP contribution in [0.5, 0.6) is 0 Å². The number of benzene rings is 1. The van der Waals surface area contributed by atoms with Crippen molar-refractivity contribution in [3.8, 4) is 0 Å².